The molecule has 0 amide bonds. The van der Waals surface area contributed by atoms with Crippen molar-refractivity contribution in [3.8, 4) is 0 Å². The smallest absolute Gasteiger partial charge is 0.129 e. The van der Waals surface area contributed by atoms with E-state index in [2.05, 4.69) is 0 Å². The Labute approximate surface area is 83.3 Å². The van der Waals surface area contributed by atoms with E-state index in [0.29, 0.717) is 12.0 Å². The third-order valence-corrected chi connectivity index (χ3v) is 2.18. The molecule has 0 N–H and O–H groups in total. The Morgan fingerprint density at radius 1 is 1.21 bits per heavy atom. The number of hydrogen-bond acceptors (Lipinski definition) is 0. The second-order valence-electron chi connectivity index (χ2n) is 3.29. The van der Waals surface area contributed by atoms with E-state index in [1.54, 1.807) is 0 Å². The summed E-state index contributed by atoms with van der Waals surface area (Å²) in [6.45, 7) is 3.37. The molecule has 0 spiro atoms. The average Bonchev–Trinajstić information content (AvgIpc) is 2.14. The number of aryl methyl sites for hydroxylation is 1. The molecular formula is C12H14F2. The highest BCUT2D eigenvalue weighted by molar-refractivity contribution is 5.25. The van der Waals surface area contributed by atoms with Crippen LogP contribution in [-0.4, -0.2) is 0 Å². The predicted octanol–water partition coefficient (Wildman–Crippen LogP) is 3.78. The molecule has 0 aromatic heterocycles. The fourth-order valence-electron chi connectivity index (χ4n) is 1.26. The number of rotatable bonds is 3. The van der Waals surface area contributed by atoms with Crippen LogP contribution in [0.3, 0.4) is 0 Å². The largest absolute Gasteiger partial charge is 0.207 e. The van der Waals surface area contributed by atoms with E-state index >= 15 is 0 Å². The maximum absolute atomic E-state index is 13.1. The Morgan fingerprint density at radius 2 is 1.79 bits per heavy atom. The summed E-state index contributed by atoms with van der Waals surface area (Å²) in [4.78, 5) is 0. The Bertz CT molecular complexity index is 317. The molecule has 0 bridgehead atoms. The van der Waals surface area contributed by atoms with Crippen molar-refractivity contribution in [1.29, 1.82) is 0 Å². The molecule has 76 valence electrons. The van der Waals surface area contributed by atoms with Crippen LogP contribution in [0.5, 0.6) is 0 Å². The van der Waals surface area contributed by atoms with Crippen LogP contribution in [0.2, 0.25) is 0 Å². The van der Waals surface area contributed by atoms with Crippen LogP contribution in [0.25, 0.3) is 0 Å². The van der Waals surface area contributed by atoms with Gasteiger partial charge in [-0.1, -0.05) is 12.2 Å². The standard InChI is InChI=1S/C12H14F2/c1-3-4-5-6-10-7-11(13)9(2)12(14)8-10/h3-4,7-8H,5-6H2,1-2H3/b4-3+. The number of halogens is 2. The summed E-state index contributed by atoms with van der Waals surface area (Å²) in [5, 5.41) is 0. The molecule has 0 nitrogen and oxygen atoms in total. The maximum atomic E-state index is 13.1. The van der Waals surface area contributed by atoms with E-state index < -0.39 is 11.6 Å². The van der Waals surface area contributed by atoms with Crippen molar-refractivity contribution in [2.24, 2.45) is 0 Å². The molecule has 0 aliphatic heterocycles. The summed E-state index contributed by atoms with van der Waals surface area (Å²) in [6, 6.07) is 2.81. The lowest BCUT2D eigenvalue weighted by Crippen LogP contribution is -1.93. The van der Waals surface area contributed by atoms with E-state index in [-0.39, 0.29) is 5.56 Å². The summed E-state index contributed by atoms with van der Waals surface area (Å²) >= 11 is 0. The molecule has 0 atom stereocenters. The van der Waals surface area contributed by atoms with Crippen LogP contribution in [-0.2, 0) is 6.42 Å². The Balaban J connectivity index is 2.79. The van der Waals surface area contributed by atoms with Gasteiger partial charge in [-0.15, -0.1) is 0 Å². The SMILES string of the molecule is C/C=C/CCc1cc(F)c(C)c(F)c1. The van der Waals surface area contributed by atoms with Crippen LogP contribution >= 0.6 is 0 Å². The van der Waals surface area contributed by atoms with E-state index in [9.17, 15) is 8.78 Å². The van der Waals surface area contributed by atoms with Crippen molar-refractivity contribution >= 4 is 0 Å². The van der Waals surface area contributed by atoms with E-state index in [0.717, 1.165) is 6.42 Å². The van der Waals surface area contributed by atoms with Gasteiger partial charge < -0.3 is 0 Å². The summed E-state index contributed by atoms with van der Waals surface area (Å²) in [5.41, 5.74) is 0.809. The lowest BCUT2D eigenvalue weighted by atomic mass is 10.1. The van der Waals surface area contributed by atoms with Crippen molar-refractivity contribution in [1.82, 2.24) is 0 Å². The molecule has 0 aliphatic rings. The molecule has 14 heavy (non-hydrogen) atoms. The molecule has 0 heterocycles. The highest BCUT2D eigenvalue weighted by Crippen LogP contribution is 2.15. The van der Waals surface area contributed by atoms with Crippen molar-refractivity contribution in [2.45, 2.75) is 26.7 Å². The topological polar surface area (TPSA) is 0 Å². The van der Waals surface area contributed by atoms with Gasteiger partial charge in [0.25, 0.3) is 0 Å². The van der Waals surface area contributed by atoms with Crippen molar-refractivity contribution in [3.63, 3.8) is 0 Å². The highest BCUT2D eigenvalue weighted by Gasteiger charge is 2.05. The van der Waals surface area contributed by atoms with Gasteiger partial charge in [-0.25, -0.2) is 8.78 Å². The van der Waals surface area contributed by atoms with Crippen LogP contribution in [0.4, 0.5) is 8.78 Å². The van der Waals surface area contributed by atoms with Gasteiger partial charge in [0.2, 0.25) is 0 Å². The van der Waals surface area contributed by atoms with Crippen molar-refractivity contribution in [2.75, 3.05) is 0 Å². The van der Waals surface area contributed by atoms with Gasteiger partial charge in [-0.3, -0.25) is 0 Å². The molecule has 1 aromatic carbocycles. The van der Waals surface area contributed by atoms with Gasteiger partial charge >= 0.3 is 0 Å². The number of allylic oxidation sites excluding steroid dienone is 2. The molecule has 0 aliphatic carbocycles. The first-order chi connectivity index (χ1) is 6.65. The van der Waals surface area contributed by atoms with Gasteiger partial charge in [-0.05, 0) is 44.4 Å². The highest BCUT2D eigenvalue weighted by atomic mass is 19.1. The number of benzene rings is 1. The van der Waals surface area contributed by atoms with Gasteiger partial charge in [-0.2, -0.15) is 0 Å². The summed E-state index contributed by atoms with van der Waals surface area (Å²) in [5.74, 6) is -0.916. The lowest BCUT2D eigenvalue weighted by molar-refractivity contribution is 0.564. The summed E-state index contributed by atoms with van der Waals surface area (Å²) in [7, 11) is 0. The fourth-order valence-corrected chi connectivity index (χ4v) is 1.26. The van der Waals surface area contributed by atoms with E-state index in [1.165, 1.54) is 19.1 Å². The quantitative estimate of drug-likeness (QED) is 0.645. The minimum Gasteiger partial charge on any atom is -0.207 e. The van der Waals surface area contributed by atoms with Gasteiger partial charge in [0.05, 0.1) is 0 Å². The first-order valence-corrected chi connectivity index (χ1v) is 4.71. The first kappa shape index (κ1) is 10.9. The third kappa shape index (κ3) is 2.66. The predicted molar refractivity (Wildman–Crippen MR) is 54.2 cm³/mol. The monoisotopic (exact) mass is 196 g/mol. The van der Waals surface area contributed by atoms with E-state index in [4.69, 9.17) is 0 Å². The number of hydrogen-bond donors (Lipinski definition) is 0. The van der Waals surface area contributed by atoms with Crippen LogP contribution in [0.15, 0.2) is 24.3 Å². The second kappa shape index (κ2) is 4.89. The molecule has 1 rings (SSSR count). The lowest BCUT2D eigenvalue weighted by Gasteiger charge is -2.03. The minimum absolute atomic E-state index is 0.0970. The molecule has 0 saturated carbocycles. The molecule has 0 saturated heterocycles. The molecular weight excluding hydrogens is 182 g/mol. The average molecular weight is 196 g/mol. The second-order valence-corrected chi connectivity index (χ2v) is 3.29. The van der Waals surface area contributed by atoms with E-state index in [1.807, 2.05) is 19.1 Å². The molecule has 2 heteroatoms. The van der Waals surface area contributed by atoms with Crippen molar-refractivity contribution in [3.05, 3.63) is 47.0 Å². The maximum Gasteiger partial charge on any atom is 0.129 e. The Hall–Kier alpha value is -1.18. The minimum atomic E-state index is -0.458. The van der Waals surface area contributed by atoms with Gasteiger partial charge in [0, 0.05) is 5.56 Å². The van der Waals surface area contributed by atoms with Crippen LogP contribution in [0, 0.1) is 18.6 Å². The molecule has 0 radical (unpaired) electrons. The summed E-state index contributed by atoms with van der Waals surface area (Å²) in [6.07, 6.45) is 5.41. The zero-order valence-electron chi connectivity index (χ0n) is 8.48. The van der Waals surface area contributed by atoms with Crippen molar-refractivity contribution < 1.29 is 8.78 Å². The van der Waals surface area contributed by atoms with Crippen LogP contribution in [0.1, 0.15) is 24.5 Å². The Kier molecular flexibility index (Phi) is 3.81. The van der Waals surface area contributed by atoms with Gasteiger partial charge in [0.1, 0.15) is 11.6 Å². The van der Waals surface area contributed by atoms with Gasteiger partial charge in [0.15, 0.2) is 0 Å². The molecule has 0 unspecified atom stereocenters. The Morgan fingerprint density at radius 3 is 2.29 bits per heavy atom. The summed E-state index contributed by atoms with van der Waals surface area (Å²) < 4.78 is 26.2. The third-order valence-electron chi connectivity index (χ3n) is 2.18. The molecule has 0 fully saturated rings. The normalized spacial score (nSPS) is 11.1. The first-order valence-electron chi connectivity index (χ1n) is 4.71. The zero-order chi connectivity index (χ0) is 10.6. The zero-order valence-corrected chi connectivity index (χ0v) is 8.48. The fraction of sp³-hybridized carbons (Fsp3) is 0.333. The molecule has 1 aromatic rings. The van der Waals surface area contributed by atoms with Crippen LogP contribution < -0.4 is 0 Å².